The van der Waals surface area contributed by atoms with Crippen molar-refractivity contribution in [2.75, 3.05) is 18.1 Å². The van der Waals surface area contributed by atoms with E-state index in [2.05, 4.69) is 26.1 Å². The maximum absolute atomic E-state index is 12.2. The SMILES string of the molecule is CC[C@H](C)NC(=O)CN1C(=O)COc2ccc(C(C)(C)C)cc21. The second-order valence-electron chi connectivity index (χ2n) is 7.08. The highest BCUT2D eigenvalue weighted by molar-refractivity contribution is 6.02. The molecule has 0 aromatic heterocycles. The highest BCUT2D eigenvalue weighted by atomic mass is 16.5. The fraction of sp³-hybridized carbons (Fsp3) is 0.556. The van der Waals surface area contributed by atoms with E-state index in [-0.39, 0.29) is 36.4 Å². The molecule has 126 valence electrons. The molecule has 0 aliphatic carbocycles. The molecule has 5 nitrogen and oxygen atoms in total. The highest BCUT2D eigenvalue weighted by Gasteiger charge is 2.29. The van der Waals surface area contributed by atoms with E-state index < -0.39 is 0 Å². The first-order chi connectivity index (χ1) is 10.7. The van der Waals surface area contributed by atoms with Gasteiger partial charge in [0.15, 0.2) is 6.61 Å². The summed E-state index contributed by atoms with van der Waals surface area (Å²) >= 11 is 0. The number of nitrogens with zero attached hydrogens (tertiary/aromatic N) is 1. The lowest BCUT2D eigenvalue weighted by Crippen LogP contribution is -2.46. The molecular formula is C18H26N2O3. The van der Waals surface area contributed by atoms with Crippen molar-refractivity contribution in [2.45, 2.75) is 52.5 Å². The van der Waals surface area contributed by atoms with Crippen LogP contribution in [0.15, 0.2) is 18.2 Å². The van der Waals surface area contributed by atoms with E-state index in [0.29, 0.717) is 11.4 Å². The van der Waals surface area contributed by atoms with E-state index >= 15 is 0 Å². The number of benzene rings is 1. The minimum Gasteiger partial charge on any atom is -0.482 e. The van der Waals surface area contributed by atoms with Crippen molar-refractivity contribution in [3.63, 3.8) is 0 Å². The summed E-state index contributed by atoms with van der Waals surface area (Å²) in [6.45, 7) is 10.3. The van der Waals surface area contributed by atoms with Crippen molar-refractivity contribution < 1.29 is 14.3 Å². The summed E-state index contributed by atoms with van der Waals surface area (Å²) in [4.78, 5) is 25.9. The Labute approximate surface area is 138 Å². The van der Waals surface area contributed by atoms with Gasteiger partial charge in [0, 0.05) is 6.04 Å². The third-order valence-corrected chi connectivity index (χ3v) is 4.09. The first-order valence-electron chi connectivity index (χ1n) is 8.09. The fourth-order valence-corrected chi connectivity index (χ4v) is 2.41. The molecule has 1 aromatic carbocycles. The largest absolute Gasteiger partial charge is 0.482 e. The van der Waals surface area contributed by atoms with Gasteiger partial charge in [-0.3, -0.25) is 14.5 Å². The number of amides is 2. The van der Waals surface area contributed by atoms with Gasteiger partial charge < -0.3 is 10.1 Å². The Bertz CT molecular complexity index is 605. The Morgan fingerprint density at radius 2 is 2.09 bits per heavy atom. The Balaban J connectivity index is 2.28. The third kappa shape index (κ3) is 4.03. The van der Waals surface area contributed by atoms with Crippen LogP contribution in [0.4, 0.5) is 5.69 Å². The maximum atomic E-state index is 12.2. The summed E-state index contributed by atoms with van der Waals surface area (Å²) in [6.07, 6.45) is 0.855. The van der Waals surface area contributed by atoms with Crippen molar-refractivity contribution in [1.82, 2.24) is 5.32 Å². The van der Waals surface area contributed by atoms with Gasteiger partial charge in [-0.05, 0) is 36.5 Å². The van der Waals surface area contributed by atoms with Gasteiger partial charge in [0.1, 0.15) is 12.3 Å². The van der Waals surface area contributed by atoms with Crippen LogP contribution < -0.4 is 15.0 Å². The molecule has 0 bridgehead atoms. The monoisotopic (exact) mass is 318 g/mol. The van der Waals surface area contributed by atoms with Crippen LogP contribution in [0.25, 0.3) is 0 Å². The van der Waals surface area contributed by atoms with Crippen LogP contribution in [0, 0.1) is 0 Å². The average molecular weight is 318 g/mol. The number of hydrogen-bond acceptors (Lipinski definition) is 3. The number of nitrogens with one attached hydrogen (secondary N) is 1. The summed E-state index contributed by atoms with van der Waals surface area (Å²) in [5.41, 5.74) is 1.73. The lowest BCUT2D eigenvalue weighted by atomic mass is 9.86. The molecule has 1 aliphatic heterocycles. The smallest absolute Gasteiger partial charge is 0.265 e. The van der Waals surface area contributed by atoms with Gasteiger partial charge in [0.25, 0.3) is 5.91 Å². The predicted molar refractivity (Wildman–Crippen MR) is 90.9 cm³/mol. The number of rotatable bonds is 4. The predicted octanol–water partition coefficient (Wildman–Crippen LogP) is 2.62. The number of anilines is 1. The van der Waals surface area contributed by atoms with Gasteiger partial charge in [0.05, 0.1) is 5.69 Å². The van der Waals surface area contributed by atoms with Crippen LogP contribution in [0.5, 0.6) is 5.75 Å². The van der Waals surface area contributed by atoms with E-state index in [9.17, 15) is 9.59 Å². The lowest BCUT2D eigenvalue weighted by molar-refractivity contribution is -0.125. The number of carbonyl (C=O) groups is 2. The van der Waals surface area contributed by atoms with E-state index in [4.69, 9.17) is 4.74 Å². The molecule has 23 heavy (non-hydrogen) atoms. The van der Waals surface area contributed by atoms with Gasteiger partial charge in [-0.2, -0.15) is 0 Å². The molecule has 0 unspecified atom stereocenters. The van der Waals surface area contributed by atoms with Crippen molar-refractivity contribution in [3.8, 4) is 5.75 Å². The average Bonchev–Trinajstić information content (AvgIpc) is 2.48. The molecule has 0 saturated carbocycles. The molecule has 1 heterocycles. The van der Waals surface area contributed by atoms with Crippen molar-refractivity contribution in [3.05, 3.63) is 23.8 Å². The molecule has 0 fully saturated rings. The van der Waals surface area contributed by atoms with Crippen molar-refractivity contribution in [2.24, 2.45) is 0 Å². The van der Waals surface area contributed by atoms with E-state index in [1.165, 1.54) is 4.90 Å². The molecule has 2 amide bonds. The third-order valence-electron chi connectivity index (χ3n) is 4.09. The second-order valence-corrected chi connectivity index (χ2v) is 7.08. The molecule has 5 heteroatoms. The summed E-state index contributed by atoms with van der Waals surface area (Å²) in [6, 6.07) is 5.93. The van der Waals surface area contributed by atoms with Gasteiger partial charge >= 0.3 is 0 Å². The molecule has 1 aromatic rings. The van der Waals surface area contributed by atoms with Gasteiger partial charge in [-0.1, -0.05) is 33.8 Å². The van der Waals surface area contributed by atoms with E-state index in [1.807, 2.05) is 32.0 Å². The van der Waals surface area contributed by atoms with Crippen LogP contribution in [-0.2, 0) is 15.0 Å². The van der Waals surface area contributed by atoms with Gasteiger partial charge in [0.2, 0.25) is 5.91 Å². The lowest BCUT2D eigenvalue weighted by Gasteiger charge is -2.31. The first-order valence-corrected chi connectivity index (χ1v) is 8.09. The standard InChI is InChI=1S/C18H26N2O3/c1-6-12(2)19-16(21)10-20-14-9-13(18(3,4)5)7-8-15(14)23-11-17(20)22/h7-9,12H,6,10-11H2,1-5H3,(H,19,21)/t12-/m0/s1. The summed E-state index contributed by atoms with van der Waals surface area (Å²) in [7, 11) is 0. The number of fused-ring (bicyclic) bond motifs is 1. The second kappa shape index (κ2) is 6.60. The number of ether oxygens (including phenoxy) is 1. The molecule has 1 aliphatic rings. The summed E-state index contributed by atoms with van der Waals surface area (Å²) in [5.74, 6) is 0.304. The van der Waals surface area contributed by atoms with Gasteiger partial charge in [-0.15, -0.1) is 0 Å². The molecule has 0 saturated heterocycles. The maximum Gasteiger partial charge on any atom is 0.265 e. The van der Waals surface area contributed by atoms with Crippen LogP contribution in [0.1, 0.15) is 46.6 Å². The van der Waals surface area contributed by atoms with Crippen LogP contribution in [-0.4, -0.2) is 31.0 Å². The Kier molecular flexibility index (Phi) is 4.97. The van der Waals surface area contributed by atoms with Crippen molar-refractivity contribution >= 4 is 17.5 Å². The van der Waals surface area contributed by atoms with E-state index in [0.717, 1.165) is 12.0 Å². The minimum absolute atomic E-state index is 0.0210. The molecule has 2 rings (SSSR count). The van der Waals surface area contributed by atoms with E-state index in [1.54, 1.807) is 0 Å². The minimum atomic E-state index is -0.192. The van der Waals surface area contributed by atoms with Crippen molar-refractivity contribution in [1.29, 1.82) is 0 Å². The molecule has 1 N–H and O–H groups in total. The number of hydrogen-bond donors (Lipinski definition) is 1. The topological polar surface area (TPSA) is 58.6 Å². The highest BCUT2D eigenvalue weighted by Crippen LogP contribution is 2.36. The Hall–Kier alpha value is -2.04. The quantitative estimate of drug-likeness (QED) is 0.928. The normalized spacial score (nSPS) is 15.7. The summed E-state index contributed by atoms with van der Waals surface area (Å²) < 4.78 is 5.49. The molecule has 0 spiro atoms. The molecule has 1 atom stereocenters. The zero-order chi connectivity index (χ0) is 17.2. The Morgan fingerprint density at radius 3 is 2.70 bits per heavy atom. The zero-order valence-corrected chi connectivity index (χ0v) is 14.6. The van der Waals surface area contributed by atoms with Crippen LogP contribution in [0.2, 0.25) is 0 Å². The zero-order valence-electron chi connectivity index (χ0n) is 14.6. The molecule has 0 radical (unpaired) electrons. The fourth-order valence-electron chi connectivity index (χ4n) is 2.41. The van der Waals surface area contributed by atoms with Crippen LogP contribution >= 0.6 is 0 Å². The molecular weight excluding hydrogens is 292 g/mol. The summed E-state index contributed by atoms with van der Waals surface area (Å²) in [5, 5.41) is 2.90. The van der Waals surface area contributed by atoms with Gasteiger partial charge in [-0.25, -0.2) is 0 Å². The number of carbonyl (C=O) groups excluding carboxylic acids is 2. The Morgan fingerprint density at radius 1 is 1.39 bits per heavy atom. The first kappa shape index (κ1) is 17.3. The van der Waals surface area contributed by atoms with Crippen LogP contribution in [0.3, 0.4) is 0 Å².